The van der Waals surface area contributed by atoms with Crippen molar-refractivity contribution >= 4 is 5.97 Å². The highest BCUT2D eigenvalue weighted by Crippen LogP contribution is 2.60. The van der Waals surface area contributed by atoms with E-state index in [2.05, 4.69) is 0 Å². The summed E-state index contributed by atoms with van der Waals surface area (Å²) in [7, 11) is 1.42. The predicted molar refractivity (Wildman–Crippen MR) is 57.6 cm³/mol. The number of benzene rings is 1. The van der Waals surface area contributed by atoms with Crippen LogP contribution in [0.2, 0.25) is 0 Å². The van der Waals surface area contributed by atoms with E-state index in [1.165, 1.54) is 7.11 Å². The van der Waals surface area contributed by atoms with Crippen molar-refractivity contribution in [2.45, 2.75) is 11.5 Å². The molecule has 16 heavy (non-hydrogen) atoms. The van der Waals surface area contributed by atoms with E-state index in [0.717, 1.165) is 5.56 Å². The lowest BCUT2D eigenvalue weighted by Gasteiger charge is -2.16. The van der Waals surface area contributed by atoms with Crippen molar-refractivity contribution < 1.29 is 14.3 Å². The molecule has 1 aromatic rings. The highest BCUT2D eigenvalue weighted by atomic mass is 16.5. The molecule has 1 aliphatic carbocycles. The van der Waals surface area contributed by atoms with Crippen LogP contribution in [-0.2, 0) is 19.7 Å². The Labute approximate surface area is 93.7 Å². The summed E-state index contributed by atoms with van der Waals surface area (Å²) in [4.78, 5) is 12.0. The van der Waals surface area contributed by atoms with Crippen LogP contribution in [0.5, 0.6) is 0 Å². The molecule has 0 radical (unpaired) electrons. The Morgan fingerprint density at radius 2 is 2.12 bits per heavy atom. The zero-order valence-corrected chi connectivity index (χ0v) is 8.92. The van der Waals surface area contributed by atoms with E-state index < -0.39 is 5.41 Å². The fourth-order valence-corrected chi connectivity index (χ4v) is 2.65. The minimum Gasteiger partial charge on any atom is -0.496 e. The lowest BCUT2D eigenvalue weighted by molar-refractivity contribution is -0.145. The molecule has 3 heteroatoms. The second-order valence-electron chi connectivity index (χ2n) is 4.14. The topological polar surface area (TPSA) is 35.5 Å². The van der Waals surface area contributed by atoms with Crippen LogP contribution in [0.25, 0.3) is 0 Å². The van der Waals surface area contributed by atoms with Gasteiger partial charge in [0.2, 0.25) is 0 Å². The van der Waals surface area contributed by atoms with Crippen molar-refractivity contribution in [3.63, 3.8) is 0 Å². The fourth-order valence-electron chi connectivity index (χ4n) is 2.65. The van der Waals surface area contributed by atoms with Crippen molar-refractivity contribution in [1.82, 2.24) is 0 Å². The molecular weight excluding hydrogens is 204 g/mol. The van der Waals surface area contributed by atoms with Gasteiger partial charge in [0.1, 0.15) is 11.5 Å². The molecule has 0 saturated heterocycles. The van der Waals surface area contributed by atoms with Crippen LogP contribution in [0, 0.1) is 5.92 Å². The maximum atomic E-state index is 12.0. The Morgan fingerprint density at radius 3 is 2.69 bits per heavy atom. The van der Waals surface area contributed by atoms with E-state index in [1.54, 1.807) is 6.26 Å². The maximum Gasteiger partial charge on any atom is 0.320 e. The normalized spacial score (nSPS) is 34.1. The van der Waals surface area contributed by atoms with Gasteiger partial charge in [-0.3, -0.25) is 4.79 Å². The standard InChI is InChI=1S/C13H12O3/c1-15-12(14)13(9-5-3-2-4-6-9)10-7-8-16-11(10)13/h2-8,10-11H,1H3/t10-,11+,13?/m0/s1. The second kappa shape index (κ2) is 3.11. The number of fused-ring (bicyclic) bond motifs is 1. The Kier molecular flexibility index (Phi) is 1.84. The lowest BCUT2D eigenvalue weighted by Crippen LogP contribution is -2.28. The van der Waals surface area contributed by atoms with E-state index in [9.17, 15) is 4.79 Å². The number of rotatable bonds is 2. The molecule has 1 heterocycles. The van der Waals surface area contributed by atoms with Gasteiger partial charge >= 0.3 is 5.97 Å². The summed E-state index contributed by atoms with van der Waals surface area (Å²) in [5, 5.41) is 0. The van der Waals surface area contributed by atoms with Crippen LogP contribution < -0.4 is 0 Å². The zero-order chi connectivity index (χ0) is 11.2. The molecular formula is C13H12O3. The summed E-state index contributed by atoms with van der Waals surface area (Å²) in [5.41, 5.74) is 0.367. The van der Waals surface area contributed by atoms with E-state index in [0.29, 0.717) is 0 Å². The minimum absolute atomic E-state index is 0.0812. The van der Waals surface area contributed by atoms with Crippen LogP contribution in [0.15, 0.2) is 42.7 Å². The van der Waals surface area contributed by atoms with Gasteiger partial charge in [0.25, 0.3) is 0 Å². The monoisotopic (exact) mass is 216 g/mol. The van der Waals surface area contributed by atoms with Crippen molar-refractivity contribution in [1.29, 1.82) is 0 Å². The van der Waals surface area contributed by atoms with Crippen LogP contribution in [-0.4, -0.2) is 19.2 Å². The molecule has 1 unspecified atom stereocenters. The van der Waals surface area contributed by atoms with Gasteiger partial charge < -0.3 is 9.47 Å². The van der Waals surface area contributed by atoms with Crippen molar-refractivity contribution in [3.05, 3.63) is 48.2 Å². The molecule has 3 atom stereocenters. The first kappa shape index (κ1) is 9.46. The van der Waals surface area contributed by atoms with Gasteiger partial charge in [-0.05, 0) is 11.6 Å². The summed E-state index contributed by atoms with van der Waals surface area (Å²) in [6, 6.07) is 9.69. The largest absolute Gasteiger partial charge is 0.496 e. The molecule has 0 N–H and O–H groups in total. The van der Waals surface area contributed by atoms with Crippen molar-refractivity contribution in [3.8, 4) is 0 Å². The fraction of sp³-hybridized carbons (Fsp3) is 0.308. The quantitative estimate of drug-likeness (QED) is 0.705. The number of esters is 1. The maximum absolute atomic E-state index is 12.0. The Hall–Kier alpha value is -1.77. The number of ether oxygens (including phenoxy) is 2. The van der Waals surface area contributed by atoms with Gasteiger partial charge in [0, 0.05) is 5.92 Å². The molecule has 0 aromatic heterocycles. The number of carbonyl (C=O) groups excluding carboxylic acids is 1. The Morgan fingerprint density at radius 1 is 1.38 bits per heavy atom. The van der Waals surface area contributed by atoms with Gasteiger partial charge in [0.05, 0.1) is 13.4 Å². The van der Waals surface area contributed by atoms with Gasteiger partial charge in [-0.2, -0.15) is 0 Å². The minimum atomic E-state index is -0.606. The summed E-state index contributed by atoms with van der Waals surface area (Å²) in [6.45, 7) is 0. The summed E-state index contributed by atoms with van der Waals surface area (Å²) < 4.78 is 10.4. The van der Waals surface area contributed by atoms with Crippen LogP contribution in [0.3, 0.4) is 0 Å². The first-order valence-electron chi connectivity index (χ1n) is 5.28. The molecule has 0 bridgehead atoms. The summed E-state index contributed by atoms with van der Waals surface area (Å²) in [6.07, 6.45) is 3.52. The molecule has 3 rings (SSSR count). The van der Waals surface area contributed by atoms with E-state index in [-0.39, 0.29) is 18.0 Å². The van der Waals surface area contributed by atoms with Gasteiger partial charge in [-0.15, -0.1) is 0 Å². The lowest BCUT2D eigenvalue weighted by atomic mass is 9.92. The molecule has 82 valence electrons. The van der Waals surface area contributed by atoms with Crippen LogP contribution in [0.1, 0.15) is 5.56 Å². The second-order valence-corrected chi connectivity index (χ2v) is 4.14. The molecule has 0 spiro atoms. The van der Waals surface area contributed by atoms with Gasteiger partial charge in [-0.1, -0.05) is 30.3 Å². The first-order chi connectivity index (χ1) is 7.81. The van der Waals surface area contributed by atoms with E-state index in [4.69, 9.17) is 9.47 Å². The molecule has 1 aromatic carbocycles. The van der Waals surface area contributed by atoms with Crippen LogP contribution >= 0.6 is 0 Å². The molecule has 3 nitrogen and oxygen atoms in total. The van der Waals surface area contributed by atoms with E-state index in [1.807, 2.05) is 36.4 Å². The third-order valence-electron chi connectivity index (χ3n) is 3.48. The number of methoxy groups -OCH3 is 1. The highest BCUT2D eigenvalue weighted by Gasteiger charge is 2.74. The molecule has 0 amide bonds. The predicted octanol–water partition coefficient (Wildman–Crippen LogP) is 1.64. The number of carbonyl (C=O) groups is 1. The Bertz CT molecular complexity index is 452. The molecule has 1 fully saturated rings. The van der Waals surface area contributed by atoms with Crippen molar-refractivity contribution in [2.75, 3.05) is 7.11 Å². The molecule has 1 aliphatic heterocycles. The van der Waals surface area contributed by atoms with Crippen molar-refractivity contribution in [2.24, 2.45) is 5.92 Å². The Balaban J connectivity index is 2.06. The summed E-state index contributed by atoms with van der Waals surface area (Å²) in [5.74, 6) is -0.0830. The number of hydrogen-bond acceptors (Lipinski definition) is 3. The average Bonchev–Trinajstić information content (AvgIpc) is 2.72. The third kappa shape index (κ3) is 0.953. The van der Waals surface area contributed by atoms with Gasteiger partial charge in [-0.25, -0.2) is 0 Å². The zero-order valence-electron chi connectivity index (χ0n) is 8.92. The van der Waals surface area contributed by atoms with E-state index >= 15 is 0 Å². The summed E-state index contributed by atoms with van der Waals surface area (Å²) >= 11 is 0. The first-order valence-corrected chi connectivity index (χ1v) is 5.28. The SMILES string of the molecule is COC(=O)C1(c2ccccc2)[C@@H]2OC=C[C@@H]21. The average molecular weight is 216 g/mol. The molecule has 2 aliphatic rings. The smallest absolute Gasteiger partial charge is 0.320 e. The highest BCUT2D eigenvalue weighted by molar-refractivity contribution is 5.90. The third-order valence-corrected chi connectivity index (χ3v) is 3.48. The number of hydrogen-bond donors (Lipinski definition) is 0. The van der Waals surface area contributed by atoms with Gasteiger partial charge in [0.15, 0.2) is 0 Å². The molecule has 1 saturated carbocycles. The van der Waals surface area contributed by atoms with Crippen LogP contribution in [0.4, 0.5) is 0 Å².